The summed E-state index contributed by atoms with van der Waals surface area (Å²) in [7, 11) is 0. The van der Waals surface area contributed by atoms with Gasteiger partial charge in [0.1, 0.15) is 5.92 Å². The molecule has 1 heterocycles. The van der Waals surface area contributed by atoms with Gasteiger partial charge >= 0.3 is 0 Å². The number of benzene rings is 1. The number of Topliss-reactive ketones (excluding diaryl/α,β-unsaturated/α-hetero) is 1. The maximum atomic E-state index is 11.8. The summed E-state index contributed by atoms with van der Waals surface area (Å²) >= 11 is 0. The van der Waals surface area contributed by atoms with Gasteiger partial charge < -0.3 is 9.47 Å². The predicted octanol–water partition coefficient (Wildman–Crippen LogP) is 1.65. The van der Waals surface area contributed by atoms with E-state index in [1.807, 2.05) is 0 Å². The van der Waals surface area contributed by atoms with Crippen LogP contribution < -0.4 is 9.47 Å². The van der Waals surface area contributed by atoms with Gasteiger partial charge in [0, 0.05) is 12.0 Å². The molecule has 5 heteroatoms. The van der Waals surface area contributed by atoms with E-state index >= 15 is 0 Å². The molecule has 2 rings (SSSR count). The van der Waals surface area contributed by atoms with Gasteiger partial charge in [-0.2, -0.15) is 10.5 Å². The maximum absolute atomic E-state index is 11.8. The van der Waals surface area contributed by atoms with Gasteiger partial charge in [-0.15, -0.1) is 0 Å². The summed E-state index contributed by atoms with van der Waals surface area (Å²) < 4.78 is 10.3. The first-order valence-electron chi connectivity index (χ1n) is 4.96. The lowest BCUT2D eigenvalue weighted by Gasteiger charge is -2.02. The number of nitrogens with zero attached hydrogens (tertiary/aromatic N) is 2. The number of ketones is 1. The zero-order valence-electron chi connectivity index (χ0n) is 8.84. The first-order valence-corrected chi connectivity index (χ1v) is 4.96. The molecule has 0 atom stereocenters. The number of fused-ring (bicyclic) bond motifs is 1. The number of hydrogen-bond acceptors (Lipinski definition) is 5. The van der Waals surface area contributed by atoms with Crippen LogP contribution in [-0.2, 0) is 0 Å². The lowest BCUT2D eigenvalue weighted by molar-refractivity contribution is 0.0976. The Bertz CT molecular complexity index is 526. The number of carbonyl (C=O) groups excluding carboxylic acids is 1. The smallest absolute Gasteiger partial charge is 0.231 e. The second kappa shape index (κ2) is 4.54. The van der Waals surface area contributed by atoms with Crippen molar-refractivity contribution >= 4 is 5.78 Å². The Balaban J connectivity index is 2.16. The molecule has 0 amide bonds. The van der Waals surface area contributed by atoms with Gasteiger partial charge in [-0.3, -0.25) is 4.79 Å². The highest BCUT2D eigenvalue weighted by Crippen LogP contribution is 2.32. The number of nitriles is 2. The third kappa shape index (κ3) is 2.19. The Labute approximate surface area is 97.8 Å². The van der Waals surface area contributed by atoms with Crippen molar-refractivity contribution in [3.8, 4) is 23.6 Å². The number of hydrogen-bond donors (Lipinski definition) is 0. The number of carbonyl (C=O) groups is 1. The fourth-order valence-corrected chi connectivity index (χ4v) is 1.49. The molecule has 0 unspecified atom stereocenters. The first kappa shape index (κ1) is 11.0. The molecule has 0 aromatic heterocycles. The van der Waals surface area contributed by atoms with Gasteiger partial charge in [-0.25, -0.2) is 0 Å². The normalized spacial score (nSPS) is 11.9. The molecule has 17 heavy (non-hydrogen) atoms. The van der Waals surface area contributed by atoms with E-state index in [1.54, 1.807) is 30.3 Å². The second-order valence-corrected chi connectivity index (χ2v) is 3.51. The topological polar surface area (TPSA) is 83.1 Å². The minimum absolute atomic E-state index is 0.105. The molecule has 0 radical (unpaired) electrons. The molecule has 0 bridgehead atoms. The van der Waals surface area contributed by atoms with Gasteiger partial charge in [0.15, 0.2) is 17.3 Å². The molecule has 84 valence electrons. The van der Waals surface area contributed by atoms with Crippen LogP contribution in [0.3, 0.4) is 0 Å². The predicted molar refractivity (Wildman–Crippen MR) is 56.2 cm³/mol. The van der Waals surface area contributed by atoms with E-state index in [4.69, 9.17) is 20.0 Å². The molecule has 1 aliphatic heterocycles. The van der Waals surface area contributed by atoms with E-state index < -0.39 is 5.92 Å². The van der Waals surface area contributed by atoms with E-state index in [-0.39, 0.29) is 19.0 Å². The highest BCUT2D eigenvalue weighted by Gasteiger charge is 2.18. The minimum atomic E-state index is -0.909. The van der Waals surface area contributed by atoms with Crippen molar-refractivity contribution in [2.75, 3.05) is 6.79 Å². The first-order chi connectivity index (χ1) is 8.24. The average Bonchev–Trinajstić information content (AvgIpc) is 2.82. The van der Waals surface area contributed by atoms with Crippen molar-refractivity contribution < 1.29 is 14.3 Å². The van der Waals surface area contributed by atoms with Crippen LogP contribution in [0.1, 0.15) is 16.8 Å². The van der Waals surface area contributed by atoms with Crippen LogP contribution in [0.25, 0.3) is 0 Å². The maximum Gasteiger partial charge on any atom is 0.231 e. The lowest BCUT2D eigenvalue weighted by atomic mass is 10.0. The Morgan fingerprint density at radius 2 is 2.00 bits per heavy atom. The Hall–Kier alpha value is -2.53. The molecule has 0 saturated carbocycles. The van der Waals surface area contributed by atoms with Crippen LogP contribution >= 0.6 is 0 Å². The SMILES string of the molecule is N#CC(C#N)CC(=O)c1ccc2c(c1)OCO2. The summed E-state index contributed by atoms with van der Waals surface area (Å²) in [6, 6.07) is 8.34. The van der Waals surface area contributed by atoms with E-state index in [0.717, 1.165) is 0 Å². The summed E-state index contributed by atoms with van der Waals surface area (Å²) in [4.78, 5) is 11.8. The third-order valence-electron chi connectivity index (χ3n) is 2.40. The van der Waals surface area contributed by atoms with Crippen LogP contribution in [0.5, 0.6) is 11.5 Å². The quantitative estimate of drug-likeness (QED) is 0.734. The molecule has 1 aliphatic rings. The van der Waals surface area contributed by atoms with E-state index in [2.05, 4.69) is 0 Å². The summed E-state index contributed by atoms with van der Waals surface area (Å²) in [5.41, 5.74) is 0.421. The van der Waals surface area contributed by atoms with Crippen LogP contribution in [0.15, 0.2) is 18.2 Å². The van der Waals surface area contributed by atoms with Crippen LogP contribution in [0.2, 0.25) is 0 Å². The summed E-state index contributed by atoms with van der Waals surface area (Å²) in [5.74, 6) is -0.0516. The molecule has 0 aliphatic carbocycles. The van der Waals surface area contributed by atoms with Gasteiger partial charge in [-0.05, 0) is 18.2 Å². The van der Waals surface area contributed by atoms with Crippen LogP contribution in [0, 0.1) is 28.6 Å². The van der Waals surface area contributed by atoms with Crippen LogP contribution in [0.4, 0.5) is 0 Å². The third-order valence-corrected chi connectivity index (χ3v) is 2.40. The lowest BCUT2D eigenvalue weighted by Crippen LogP contribution is -2.05. The minimum Gasteiger partial charge on any atom is -0.454 e. The molecule has 1 aromatic rings. The average molecular weight is 228 g/mol. The van der Waals surface area contributed by atoms with Crippen molar-refractivity contribution in [2.45, 2.75) is 6.42 Å². The molecular formula is C12H8N2O3. The molecular weight excluding hydrogens is 220 g/mol. The highest BCUT2D eigenvalue weighted by molar-refractivity contribution is 5.97. The van der Waals surface area contributed by atoms with Crippen LogP contribution in [-0.4, -0.2) is 12.6 Å². The Morgan fingerprint density at radius 3 is 2.71 bits per heavy atom. The van der Waals surface area contributed by atoms with E-state index in [9.17, 15) is 4.79 Å². The Kier molecular flexibility index (Phi) is 2.93. The van der Waals surface area contributed by atoms with Crippen molar-refractivity contribution in [3.05, 3.63) is 23.8 Å². The van der Waals surface area contributed by atoms with Crippen molar-refractivity contribution in [1.82, 2.24) is 0 Å². The summed E-state index contributed by atoms with van der Waals surface area (Å²) in [5, 5.41) is 17.2. The molecule has 0 spiro atoms. The fraction of sp³-hybridized carbons (Fsp3) is 0.250. The van der Waals surface area contributed by atoms with Gasteiger partial charge in [0.2, 0.25) is 6.79 Å². The van der Waals surface area contributed by atoms with Gasteiger partial charge in [-0.1, -0.05) is 0 Å². The number of ether oxygens (including phenoxy) is 2. The van der Waals surface area contributed by atoms with Crippen molar-refractivity contribution in [2.24, 2.45) is 5.92 Å². The summed E-state index contributed by atoms with van der Waals surface area (Å²) in [6.45, 7) is 0.145. The summed E-state index contributed by atoms with van der Waals surface area (Å²) in [6.07, 6.45) is -0.105. The van der Waals surface area contributed by atoms with Crippen molar-refractivity contribution in [1.29, 1.82) is 10.5 Å². The molecule has 5 nitrogen and oxygen atoms in total. The molecule has 0 fully saturated rings. The van der Waals surface area contributed by atoms with E-state index in [1.165, 1.54) is 0 Å². The van der Waals surface area contributed by atoms with Gasteiger partial charge in [0.05, 0.1) is 12.1 Å². The van der Waals surface area contributed by atoms with E-state index in [0.29, 0.717) is 17.1 Å². The molecule has 0 saturated heterocycles. The number of rotatable bonds is 3. The van der Waals surface area contributed by atoms with Gasteiger partial charge in [0.25, 0.3) is 0 Å². The Morgan fingerprint density at radius 1 is 1.29 bits per heavy atom. The molecule has 0 N–H and O–H groups in total. The fourth-order valence-electron chi connectivity index (χ4n) is 1.49. The molecule has 1 aromatic carbocycles. The van der Waals surface area contributed by atoms with Crippen molar-refractivity contribution in [3.63, 3.8) is 0 Å². The largest absolute Gasteiger partial charge is 0.454 e. The zero-order chi connectivity index (χ0) is 12.3. The standard InChI is InChI=1S/C12H8N2O3/c13-5-8(6-14)3-10(15)9-1-2-11-12(4-9)17-7-16-11/h1-2,4,8H,3,7H2. The highest BCUT2D eigenvalue weighted by atomic mass is 16.7. The second-order valence-electron chi connectivity index (χ2n) is 3.51. The monoisotopic (exact) mass is 228 g/mol. The zero-order valence-corrected chi connectivity index (χ0v) is 8.84.